The van der Waals surface area contributed by atoms with Gasteiger partial charge in [0.15, 0.2) is 0 Å². The minimum absolute atomic E-state index is 0.180. The fraction of sp³-hybridized carbons (Fsp3) is 0.381. The van der Waals surface area contributed by atoms with Crippen LogP contribution in [0.1, 0.15) is 30.9 Å². The summed E-state index contributed by atoms with van der Waals surface area (Å²) in [6.07, 6.45) is 2.50. The molecule has 2 N–H and O–H groups in total. The van der Waals surface area contributed by atoms with E-state index in [2.05, 4.69) is 53.6 Å². The Morgan fingerprint density at radius 2 is 1.68 bits per heavy atom. The van der Waals surface area contributed by atoms with Crippen LogP contribution in [0.15, 0.2) is 48.5 Å². The Hall–Kier alpha value is -2.49. The second-order valence-corrected chi connectivity index (χ2v) is 7.01. The van der Waals surface area contributed by atoms with E-state index in [0.717, 1.165) is 30.3 Å². The topological polar surface area (TPSA) is 44.4 Å². The number of rotatable bonds is 4. The summed E-state index contributed by atoms with van der Waals surface area (Å²) in [5, 5.41) is 5.78. The SMILES string of the molecule is Cc1ccc(CNC(=O)Nc2ccc(N3CCC(C)CC3)cc2)cc1. The summed E-state index contributed by atoms with van der Waals surface area (Å²) < 4.78 is 0. The molecule has 1 fully saturated rings. The number of carbonyl (C=O) groups excluding carboxylic acids is 1. The van der Waals surface area contributed by atoms with E-state index in [1.807, 2.05) is 24.3 Å². The molecule has 0 atom stereocenters. The van der Waals surface area contributed by atoms with Gasteiger partial charge in [-0.1, -0.05) is 36.8 Å². The van der Waals surface area contributed by atoms with Crippen molar-refractivity contribution in [2.24, 2.45) is 5.92 Å². The van der Waals surface area contributed by atoms with E-state index in [-0.39, 0.29) is 6.03 Å². The van der Waals surface area contributed by atoms with Gasteiger partial charge in [0.1, 0.15) is 0 Å². The summed E-state index contributed by atoms with van der Waals surface area (Å²) in [6.45, 7) is 7.13. The van der Waals surface area contributed by atoms with Crippen molar-refractivity contribution in [1.82, 2.24) is 5.32 Å². The summed E-state index contributed by atoms with van der Waals surface area (Å²) in [5.74, 6) is 0.828. The van der Waals surface area contributed by atoms with Crippen molar-refractivity contribution < 1.29 is 4.79 Å². The molecule has 4 nitrogen and oxygen atoms in total. The molecular weight excluding hydrogens is 310 g/mol. The van der Waals surface area contributed by atoms with Crippen molar-refractivity contribution in [2.45, 2.75) is 33.2 Å². The summed E-state index contributed by atoms with van der Waals surface area (Å²) in [7, 11) is 0. The standard InChI is InChI=1S/C21H27N3O/c1-16-3-5-18(6-4-16)15-22-21(25)23-19-7-9-20(10-8-19)24-13-11-17(2)12-14-24/h3-10,17H,11-15H2,1-2H3,(H2,22,23,25). The molecule has 0 radical (unpaired) electrons. The monoisotopic (exact) mass is 337 g/mol. The molecule has 0 spiro atoms. The van der Waals surface area contributed by atoms with Crippen molar-refractivity contribution >= 4 is 17.4 Å². The number of nitrogens with zero attached hydrogens (tertiary/aromatic N) is 1. The molecule has 0 aromatic heterocycles. The van der Waals surface area contributed by atoms with Gasteiger partial charge in [0, 0.05) is 31.0 Å². The van der Waals surface area contributed by atoms with Crippen molar-refractivity contribution in [3.8, 4) is 0 Å². The van der Waals surface area contributed by atoms with Crippen LogP contribution in [0.25, 0.3) is 0 Å². The lowest BCUT2D eigenvalue weighted by molar-refractivity contribution is 0.251. The van der Waals surface area contributed by atoms with Gasteiger partial charge in [-0.3, -0.25) is 0 Å². The van der Waals surface area contributed by atoms with Crippen LogP contribution in [0.5, 0.6) is 0 Å². The van der Waals surface area contributed by atoms with Crippen LogP contribution >= 0.6 is 0 Å². The van der Waals surface area contributed by atoms with E-state index in [9.17, 15) is 4.79 Å². The molecule has 4 heteroatoms. The highest BCUT2D eigenvalue weighted by Gasteiger charge is 2.15. The summed E-state index contributed by atoms with van der Waals surface area (Å²) in [5.41, 5.74) is 4.36. The van der Waals surface area contributed by atoms with E-state index < -0.39 is 0 Å². The molecule has 0 bridgehead atoms. The largest absolute Gasteiger partial charge is 0.372 e. The maximum atomic E-state index is 12.0. The van der Waals surface area contributed by atoms with Crippen molar-refractivity contribution in [2.75, 3.05) is 23.3 Å². The van der Waals surface area contributed by atoms with Gasteiger partial charge >= 0.3 is 6.03 Å². The first-order valence-electron chi connectivity index (χ1n) is 9.05. The molecule has 0 saturated carbocycles. The molecule has 2 amide bonds. The lowest BCUT2D eigenvalue weighted by Crippen LogP contribution is -2.32. The molecule has 2 aromatic rings. The molecule has 0 unspecified atom stereocenters. The number of carbonyl (C=O) groups is 1. The fourth-order valence-corrected chi connectivity index (χ4v) is 3.09. The first-order valence-corrected chi connectivity index (χ1v) is 9.05. The zero-order valence-electron chi connectivity index (χ0n) is 15.1. The predicted octanol–water partition coefficient (Wildman–Crippen LogP) is 4.55. The molecule has 25 heavy (non-hydrogen) atoms. The number of anilines is 2. The molecular formula is C21H27N3O. The Labute approximate surface area is 150 Å². The Balaban J connectivity index is 1.49. The zero-order chi connectivity index (χ0) is 17.6. The van der Waals surface area contributed by atoms with E-state index >= 15 is 0 Å². The zero-order valence-corrected chi connectivity index (χ0v) is 15.1. The van der Waals surface area contributed by atoms with Crippen LogP contribution < -0.4 is 15.5 Å². The minimum Gasteiger partial charge on any atom is -0.372 e. The van der Waals surface area contributed by atoms with Gasteiger partial charge in [-0.2, -0.15) is 0 Å². The van der Waals surface area contributed by atoms with Crippen LogP contribution in [0.2, 0.25) is 0 Å². The quantitative estimate of drug-likeness (QED) is 0.859. The Morgan fingerprint density at radius 3 is 2.32 bits per heavy atom. The van der Waals surface area contributed by atoms with Gasteiger partial charge in [-0.15, -0.1) is 0 Å². The third-order valence-corrected chi connectivity index (χ3v) is 4.85. The first kappa shape index (κ1) is 17.3. The summed E-state index contributed by atoms with van der Waals surface area (Å²) in [4.78, 5) is 14.5. The normalized spacial score (nSPS) is 15.0. The van der Waals surface area contributed by atoms with Gasteiger partial charge in [0.2, 0.25) is 0 Å². The third kappa shape index (κ3) is 4.99. The average Bonchev–Trinajstić information content (AvgIpc) is 2.63. The second kappa shape index (κ2) is 8.06. The molecule has 0 aliphatic carbocycles. The number of aryl methyl sites for hydroxylation is 1. The molecule has 1 aliphatic rings. The van der Waals surface area contributed by atoms with E-state index in [0.29, 0.717) is 6.54 Å². The van der Waals surface area contributed by atoms with Gasteiger partial charge in [0.25, 0.3) is 0 Å². The number of hydrogen-bond acceptors (Lipinski definition) is 2. The number of piperidine rings is 1. The van der Waals surface area contributed by atoms with Crippen LogP contribution in [0, 0.1) is 12.8 Å². The second-order valence-electron chi connectivity index (χ2n) is 7.01. The molecule has 3 rings (SSSR count). The van der Waals surface area contributed by atoms with Gasteiger partial charge in [-0.05, 0) is 55.5 Å². The van der Waals surface area contributed by atoms with E-state index in [1.54, 1.807) is 0 Å². The molecule has 1 heterocycles. The minimum atomic E-state index is -0.180. The highest BCUT2D eigenvalue weighted by atomic mass is 16.2. The van der Waals surface area contributed by atoms with Crippen LogP contribution in [-0.2, 0) is 6.54 Å². The maximum absolute atomic E-state index is 12.0. The van der Waals surface area contributed by atoms with Crippen molar-refractivity contribution in [3.05, 3.63) is 59.7 Å². The lowest BCUT2D eigenvalue weighted by Gasteiger charge is -2.32. The Kier molecular flexibility index (Phi) is 5.59. The number of nitrogens with one attached hydrogen (secondary N) is 2. The van der Waals surface area contributed by atoms with Crippen LogP contribution in [-0.4, -0.2) is 19.1 Å². The number of urea groups is 1. The molecule has 1 aliphatic heterocycles. The Bertz CT molecular complexity index is 686. The fourth-order valence-electron chi connectivity index (χ4n) is 3.09. The number of hydrogen-bond donors (Lipinski definition) is 2. The van der Waals surface area contributed by atoms with Crippen LogP contribution in [0.4, 0.5) is 16.2 Å². The third-order valence-electron chi connectivity index (χ3n) is 4.85. The van der Waals surface area contributed by atoms with Gasteiger partial charge < -0.3 is 15.5 Å². The number of benzene rings is 2. The Morgan fingerprint density at radius 1 is 1.04 bits per heavy atom. The van der Waals surface area contributed by atoms with Gasteiger partial charge in [-0.25, -0.2) is 4.79 Å². The predicted molar refractivity (Wildman–Crippen MR) is 104 cm³/mol. The van der Waals surface area contributed by atoms with E-state index in [4.69, 9.17) is 0 Å². The molecule has 1 saturated heterocycles. The molecule has 2 aromatic carbocycles. The highest BCUT2D eigenvalue weighted by molar-refractivity contribution is 5.89. The van der Waals surface area contributed by atoms with E-state index in [1.165, 1.54) is 24.1 Å². The first-order chi connectivity index (χ1) is 12.1. The van der Waals surface area contributed by atoms with Crippen molar-refractivity contribution in [1.29, 1.82) is 0 Å². The average molecular weight is 337 g/mol. The maximum Gasteiger partial charge on any atom is 0.319 e. The van der Waals surface area contributed by atoms with Crippen molar-refractivity contribution in [3.63, 3.8) is 0 Å². The smallest absolute Gasteiger partial charge is 0.319 e. The number of amides is 2. The lowest BCUT2D eigenvalue weighted by atomic mass is 9.99. The van der Waals surface area contributed by atoms with Crippen LogP contribution in [0.3, 0.4) is 0 Å². The summed E-state index contributed by atoms with van der Waals surface area (Å²) in [6, 6.07) is 16.1. The highest BCUT2D eigenvalue weighted by Crippen LogP contribution is 2.24. The van der Waals surface area contributed by atoms with Gasteiger partial charge in [0.05, 0.1) is 0 Å². The molecule has 132 valence electrons. The summed E-state index contributed by atoms with van der Waals surface area (Å²) >= 11 is 0.